The van der Waals surface area contributed by atoms with Crippen LogP contribution in [0.25, 0.3) is 11.6 Å². The van der Waals surface area contributed by atoms with Crippen LogP contribution < -0.4 is 10.6 Å². The Balaban J connectivity index is 2.07. The molecule has 8 nitrogen and oxygen atoms in total. The van der Waals surface area contributed by atoms with Crippen LogP contribution in [0, 0.1) is 11.8 Å². The zero-order valence-corrected chi connectivity index (χ0v) is 17.2. The summed E-state index contributed by atoms with van der Waals surface area (Å²) in [6.45, 7) is 11.1. The minimum absolute atomic E-state index is 0.312. The first kappa shape index (κ1) is 21.0. The SMILES string of the molecule is CC(C)CNC(=O)NC(=O)C(C)Sc1nnc(-c2ccco2)n1CC(C)C. The van der Waals surface area contributed by atoms with E-state index in [9.17, 15) is 9.59 Å². The van der Waals surface area contributed by atoms with Gasteiger partial charge in [-0.2, -0.15) is 0 Å². The number of rotatable bonds is 8. The Labute approximate surface area is 163 Å². The zero-order chi connectivity index (χ0) is 20.0. The van der Waals surface area contributed by atoms with Crippen LogP contribution in [0.1, 0.15) is 34.6 Å². The summed E-state index contributed by atoms with van der Waals surface area (Å²) >= 11 is 1.26. The van der Waals surface area contributed by atoms with Gasteiger partial charge in [-0.25, -0.2) is 4.79 Å². The molecule has 27 heavy (non-hydrogen) atoms. The number of aromatic nitrogens is 3. The van der Waals surface area contributed by atoms with Gasteiger partial charge in [-0.3, -0.25) is 14.7 Å². The smallest absolute Gasteiger partial charge is 0.321 e. The van der Waals surface area contributed by atoms with E-state index in [1.165, 1.54) is 11.8 Å². The van der Waals surface area contributed by atoms with Gasteiger partial charge in [-0.05, 0) is 30.9 Å². The molecule has 2 heterocycles. The number of thioether (sulfide) groups is 1. The molecule has 0 saturated heterocycles. The molecule has 2 N–H and O–H groups in total. The lowest BCUT2D eigenvalue weighted by molar-refractivity contribution is -0.119. The monoisotopic (exact) mass is 393 g/mol. The van der Waals surface area contributed by atoms with Crippen molar-refractivity contribution >= 4 is 23.7 Å². The third-order valence-electron chi connectivity index (χ3n) is 3.57. The summed E-state index contributed by atoms with van der Waals surface area (Å²) in [5, 5.41) is 13.6. The first-order chi connectivity index (χ1) is 12.8. The van der Waals surface area contributed by atoms with Gasteiger partial charge in [0.1, 0.15) is 0 Å². The van der Waals surface area contributed by atoms with Crippen molar-refractivity contribution < 1.29 is 14.0 Å². The van der Waals surface area contributed by atoms with Gasteiger partial charge in [-0.15, -0.1) is 10.2 Å². The zero-order valence-electron chi connectivity index (χ0n) is 16.4. The number of carbonyl (C=O) groups excluding carboxylic acids is 2. The Bertz CT molecular complexity index is 755. The van der Waals surface area contributed by atoms with Crippen LogP contribution in [0.4, 0.5) is 4.79 Å². The third kappa shape index (κ3) is 6.13. The average Bonchev–Trinajstić information content (AvgIpc) is 3.23. The first-order valence-corrected chi connectivity index (χ1v) is 9.88. The average molecular weight is 394 g/mol. The van der Waals surface area contributed by atoms with Crippen molar-refractivity contribution in [3.63, 3.8) is 0 Å². The van der Waals surface area contributed by atoms with E-state index in [4.69, 9.17) is 4.42 Å². The Hall–Kier alpha value is -2.29. The van der Waals surface area contributed by atoms with Crippen molar-refractivity contribution in [3.05, 3.63) is 18.4 Å². The Kier molecular flexibility index (Phi) is 7.46. The van der Waals surface area contributed by atoms with Gasteiger partial charge in [0.05, 0.1) is 11.5 Å². The lowest BCUT2D eigenvalue weighted by Gasteiger charge is -2.14. The summed E-state index contributed by atoms with van der Waals surface area (Å²) in [7, 11) is 0. The van der Waals surface area contributed by atoms with Crippen LogP contribution in [-0.4, -0.2) is 38.5 Å². The Morgan fingerprint density at radius 1 is 1.19 bits per heavy atom. The van der Waals surface area contributed by atoms with Gasteiger partial charge < -0.3 is 9.73 Å². The second-order valence-corrected chi connectivity index (χ2v) is 8.45. The van der Waals surface area contributed by atoms with Crippen molar-refractivity contribution in [1.29, 1.82) is 0 Å². The molecule has 0 aliphatic carbocycles. The molecule has 9 heteroatoms. The number of hydrogen-bond donors (Lipinski definition) is 2. The second kappa shape index (κ2) is 9.59. The number of hydrogen-bond acceptors (Lipinski definition) is 6. The fraction of sp³-hybridized carbons (Fsp3) is 0.556. The molecule has 1 unspecified atom stereocenters. The summed E-state index contributed by atoms with van der Waals surface area (Å²) in [6, 6.07) is 3.13. The number of furan rings is 1. The molecular formula is C18H27N5O3S. The van der Waals surface area contributed by atoms with Gasteiger partial charge in [0.15, 0.2) is 16.7 Å². The van der Waals surface area contributed by atoms with E-state index in [0.29, 0.717) is 41.7 Å². The molecule has 0 aliphatic heterocycles. The molecule has 0 aromatic carbocycles. The lowest BCUT2D eigenvalue weighted by Crippen LogP contribution is -2.43. The van der Waals surface area contributed by atoms with Crippen LogP contribution in [0.3, 0.4) is 0 Å². The molecule has 0 aliphatic rings. The van der Waals surface area contributed by atoms with Crippen LogP contribution >= 0.6 is 11.8 Å². The van der Waals surface area contributed by atoms with Gasteiger partial charge >= 0.3 is 6.03 Å². The fourth-order valence-corrected chi connectivity index (χ4v) is 3.12. The summed E-state index contributed by atoms with van der Waals surface area (Å²) < 4.78 is 7.38. The highest BCUT2D eigenvalue weighted by Crippen LogP contribution is 2.28. The third-order valence-corrected chi connectivity index (χ3v) is 4.65. The van der Waals surface area contributed by atoms with E-state index in [-0.39, 0.29) is 5.91 Å². The number of carbonyl (C=O) groups is 2. The minimum atomic E-state index is -0.505. The molecule has 0 bridgehead atoms. The molecule has 148 valence electrons. The number of amides is 3. The highest BCUT2D eigenvalue weighted by atomic mass is 32.2. The van der Waals surface area contributed by atoms with Gasteiger partial charge in [0.25, 0.3) is 0 Å². The summed E-state index contributed by atoms with van der Waals surface area (Å²) in [6.07, 6.45) is 1.59. The standard InChI is InChI=1S/C18H27N5O3S/c1-11(2)9-19-17(25)20-16(24)13(5)27-18-22-21-15(14-7-6-8-26-14)23(18)10-12(3)4/h6-8,11-13H,9-10H2,1-5H3,(H2,19,20,24,25). The molecule has 2 rings (SSSR count). The molecule has 0 fully saturated rings. The van der Waals surface area contributed by atoms with Crippen molar-refractivity contribution in [2.75, 3.05) is 6.54 Å². The molecule has 2 aromatic rings. The molecule has 0 saturated carbocycles. The number of imide groups is 1. The normalized spacial score (nSPS) is 12.4. The van der Waals surface area contributed by atoms with Gasteiger partial charge in [0.2, 0.25) is 5.91 Å². The van der Waals surface area contributed by atoms with E-state index in [0.717, 1.165) is 0 Å². The van der Waals surface area contributed by atoms with Crippen LogP contribution in [0.15, 0.2) is 28.0 Å². The predicted molar refractivity (Wildman–Crippen MR) is 104 cm³/mol. The highest BCUT2D eigenvalue weighted by molar-refractivity contribution is 8.00. The van der Waals surface area contributed by atoms with Gasteiger partial charge in [-0.1, -0.05) is 39.5 Å². The minimum Gasteiger partial charge on any atom is -0.461 e. The Morgan fingerprint density at radius 3 is 2.52 bits per heavy atom. The van der Waals surface area contributed by atoms with Crippen molar-refractivity contribution in [3.8, 4) is 11.6 Å². The van der Waals surface area contributed by atoms with Crippen molar-refractivity contribution in [2.24, 2.45) is 11.8 Å². The number of urea groups is 1. The van der Waals surface area contributed by atoms with E-state index in [2.05, 4.69) is 34.7 Å². The van der Waals surface area contributed by atoms with E-state index < -0.39 is 11.3 Å². The maximum absolute atomic E-state index is 12.3. The van der Waals surface area contributed by atoms with E-state index >= 15 is 0 Å². The summed E-state index contributed by atoms with van der Waals surface area (Å²) in [4.78, 5) is 24.1. The van der Waals surface area contributed by atoms with Crippen LogP contribution in [-0.2, 0) is 11.3 Å². The van der Waals surface area contributed by atoms with Crippen molar-refractivity contribution in [1.82, 2.24) is 25.4 Å². The maximum Gasteiger partial charge on any atom is 0.321 e. The number of nitrogens with zero attached hydrogens (tertiary/aromatic N) is 3. The van der Waals surface area contributed by atoms with Gasteiger partial charge in [0, 0.05) is 13.1 Å². The molecule has 1 atom stereocenters. The van der Waals surface area contributed by atoms with E-state index in [1.807, 2.05) is 24.5 Å². The van der Waals surface area contributed by atoms with Crippen LogP contribution in [0.5, 0.6) is 0 Å². The van der Waals surface area contributed by atoms with E-state index in [1.54, 1.807) is 19.3 Å². The molecular weight excluding hydrogens is 366 g/mol. The molecule has 0 radical (unpaired) electrons. The number of nitrogens with one attached hydrogen (secondary N) is 2. The largest absolute Gasteiger partial charge is 0.461 e. The topological polar surface area (TPSA) is 102 Å². The predicted octanol–water partition coefficient (Wildman–Crippen LogP) is 3.16. The highest BCUT2D eigenvalue weighted by Gasteiger charge is 2.23. The molecule has 2 aromatic heterocycles. The van der Waals surface area contributed by atoms with Crippen LogP contribution in [0.2, 0.25) is 0 Å². The molecule has 0 spiro atoms. The summed E-state index contributed by atoms with van der Waals surface area (Å²) in [5.74, 6) is 1.55. The lowest BCUT2D eigenvalue weighted by atomic mass is 10.2. The Morgan fingerprint density at radius 2 is 1.93 bits per heavy atom. The maximum atomic E-state index is 12.3. The quantitative estimate of drug-likeness (QED) is 0.668. The van der Waals surface area contributed by atoms with Crippen molar-refractivity contribution in [2.45, 2.75) is 51.6 Å². The molecule has 3 amide bonds. The fourth-order valence-electron chi connectivity index (χ4n) is 2.26. The first-order valence-electron chi connectivity index (χ1n) is 9.00. The summed E-state index contributed by atoms with van der Waals surface area (Å²) in [5.41, 5.74) is 0. The second-order valence-electron chi connectivity index (χ2n) is 7.14.